The third kappa shape index (κ3) is 3.65. The van der Waals surface area contributed by atoms with Crippen molar-refractivity contribution in [2.45, 2.75) is 26.4 Å². The van der Waals surface area contributed by atoms with Gasteiger partial charge in [0, 0.05) is 0 Å². The summed E-state index contributed by atoms with van der Waals surface area (Å²) in [6.45, 7) is 2.49. The third-order valence-electron chi connectivity index (χ3n) is 2.27. The van der Waals surface area contributed by atoms with E-state index in [0.29, 0.717) is 0 Å². The Kier molecular flexibility index (Phi) is 4.21. The average Bonchev–Trinajstić information content (AvgIpc) is 2.21. The minimum atomic E-state index is -3.48. The van der Waals surface area contributed by atoms with E-state index < -0.39 is 29.6 Å². The summed E-state index contributed by atoms with van der Waals surface area (Å²) in [4.78, 5) is 10.4. The van der Waals surface area contributed by atoms with Crippen LogP contribution >= 0.6 is 0 Å². The van der Waals surface area contributed by atoms with Crippen LogP contribution in [0.25, 0.3) is 0 Å². The minimum Gasteiger partial charge on any atom is -0.481 e. The zero-order valence-electron chi connectivity index (χ0n) is 9.91. The molecule has 0 aliphatic heterocycles. The van der Waals surface area contributed by atoms with Gasteiger partial charge in [0.05, 0.1) is 12.3 Å². The summed E-state index contributed by atoms with van der Waals surface area (Å²) in [5.41, 5.74) is 0.181. The van der Waals surface area contributed by atoms with Gasteiger partial charge in [0.15, 0.2) is 11.6 Å². The van der Waals surface area contributed by atoms with Crippen molar-refractivity contribution in [1.29, 1.82) is 0 Å². The number of alkyl halides is 2. The Labute approximate surface area is 102 Å². The summed E-state index contributed by atoms with van der Waals surface area (Å²) in [6, 6.07) is 3.12. The summed E-state index contributed by atoms with van der Waals surface area (Å²) < 4.78 is 44.2. The standard InChI is InChI=1S/C12H13F3O3/c1-7(2)12(14,15)18-10-4-3-8(5-9(10)13)6-11(16)17/h3-5,7H,6H2,1-2H3,(H,16,17). The number of rotatable bonds is 5. The molecule has 0 saturated heterocycles. The largest absolute Gasteiger partial charge is 0.481 e. The van der Waals surface area contributed by atoms with E-state index >= 15 is 0 Å². The summed E-state index contributed by atoms with van der Waals surface area (Å²) >= 11 is 0. The van der Waals surface area contributed by atoms with Gasteiger partial charge in [-0.2, -0.15) is 8.78 Å². The molecule has 0 aliphatic carbocycles. The van der Waals surface area contributed by atoms with Crippen molar-refractivity contribution < 1.29 is 27.8 Å². The number of hydrogen-bond acceptors (Lipinski definition) is 2. The van der Waals surface area contributed by atoms with E-state index in [0.717, 1.165) is 12.1 Å². The fraction of sp³-hybridized carbons (Fsp3) is 0.417. The number of halogens is 3. The lowest BCUT2D eigenvalue weighted by molar-refractivity contribution is -0.208. The number of aliphatic carboxylic acids is 1. The zero-order chi connectivity index (χ0) is 13.9. The van der Waals surface area contributed by atoms with Gasteiger partial charge in [0.1, 0.15) is 0 Å². The summed E-state index contributed by atoms with van der Waals surface area (Å²) in [6.07, 6.45) is -3.85. The first-order valence-corrected chi connectivity index (χ1v) is 5.29. The molecule has 0 amide bonds. The van der Waals surface area contributed by atoms with Crippen LogP contribution in [-0.4, -0.2) is 17.2 Å². The van der Waals surface area contributed by atoms with Crippen molar-refractivity contribution in [3.63, 3.8) is 0 Å². The Balaban J connectivity index is 2.89. The van der Waals surface area contributed by atoms with Crippen molar-refractivity contribution in [2.75, 3.05) is 0 Å². The molecule has 100 valence electrons. The van der Waals surface area contributed by atoms with Crippen LogP contribution in [0.15, 0.2) is 18.2 Å². The van der Waals surface area contributed by atoms with Crippen molar-refractivity contribution in [1.82, 2.24) is 0 Å². The monoisotopic (exact) mass is 262 g/mol. The molecule has 18 heavy (non-hydrogen) atoms. The molecule has 1 aromatic carbocycles. The second kappa shape index (κ2) is 5.29. The molecular weight excluding hydrogens is 249 g/mol. The topological polar surface area (TPSA) is 46.5 Å². The van der Waals surface area contributed by atoms with Crippen LogP contribution in [0, 0.1) is 11.7 Å². The average molecular weight is 262 g/mol. The maximum atomic E-state index is 13.4. The van der Waals surface area contributed by atoms with Gasteiger partial charge in [-0.25, -0.2) is 4.39 Å². The second-order valence-electron chi connectivity index (χ2n) is 4.15. The van der Waals surface area contributed by atoms with Crippen LogP contribution in [0.1, 0.15) is 19.4 Å². The van der Waals surface area contributed by atoms with Gasteiger partial charge in [-0.3, -0.25) is 4.79 Å². The first kappa shape index (κ1) is 14.3. The van der Waals surface area contributed by atoms with Crippen molar-refractivity contribution >= 4 is 5.97 Å². The predicted molar refractivity (Wildman–Crippen MR) is 58.2 cm³/mol. The quantitative estimate of drug-likeness (QED) is 0.887. The molecule has 0 saturated carbocycles. The molecule has 1 aromatic rings. The van der Waals surface area contributed by atoms with E-state index in [4.69, 9.17) is 5.11 Å². The number of carbonyl (C=O) groups is 1. The minimum absolute atomic E-state index is 0.181. The molecule has 0 aromatic heterocycles. The van der Waals surface area contributed by atoms with Crippen LogP contribution in [0.4, 0.5) is 13.2 Å². The van der Waals surface area contributed by atoms with E-state index in [1.54, 1.807) is 0 Å². The van der Waals surface area contributed by atoms with Gasteiger partial charge >= 0.3 is 12.1 Å². The van der Waals surface area contributed by atoms with Crippen molar-refractivity contribution in [3.8, 4) is 5.75 Å². The molecule has 0 aliphatic rings. The molecule has 0 heterocycles. The van der Waals surface area contributed by atoms with Gasteiger partial charge in [-0.15, -0.1) is 0 Å². The molecular formula is C12H13F3O3. The Morgan fingerprint density at radius 1 is 1.44 bits per heavy atom. The number of ether oxygens (including phenoxy) is 1. The van der Waals surface area contributed by atoms with Crippen LogP contribution in [-0.2, 0) is 11.2 Å². The van der Waals surface area contributed by atoms with Gasteiger partial charge in [-0.05, 0) is 17.7 Å². The lowest BCUT2D eigenvalue weighted by atomic mass is 10.1. The number of carboxylic acid groups (broad SMARTS) is 1. The molecule has 0 radical (unpaired) electrons. The van der Waals surface area contributed by atoms with E-state index in [9.17, 15) is 18.0 Å². The van der Waals surface area contributed by atoms with E-state index in [-0.39, 0.29) is 12.0 Å². The highest BCUT2D eigenvalue weighted by atomic mass is 19.3. The first-order chi connectivity index (χ1) is 8.22. The van der Waals surface area contributed by atoms with Gasteiger partial charge in [-0.1, -0.05) is 19.9 Å². The normalized spacial score (nSPS) is 11.7. The van der Waals surface area contributed by atoms with Crippen LogP contribution in [0.3, 0.4) is 0 Å². The predicted octanol–water partition coefficient (Wildman–Crippen LogP) is 3.08. The third-order valence-corrected chi connectivity index (χ3v) is 2.27. The molecule has 0 spiro atoms. The lowest BCUT2D eigenvalue weighted by Gasteiger charge is -2.21. The van der Waals surface area contributed by atoms with E-state index in [1.807, 2.05) is 0 Å². The first-order valence-electron chi connectivity index (χ1n) is 5.29. The molecule has 6 heteroatoms. The van der Waals surface area contributed by atoms with Gasteiger partial charge in [0.2, 0.25) is 0 Å². The molecule has 0 unspecified atom stereocenters. The SMILES string of the molecule is CC(C)C(F)(F)Oc1ccc(CC(=O)O)cc1F. The van der Waals surface area contributed by atoms with Crippen molar-refractivity contribution in [2.24, 2.45) is 5.92 Å². The fourth-order valence-corrected chi connectivity index (χ4v) is 1.18. The van der Waals surface area contributed by atoms with Crippen LogP contribution in [0.5, 0.6) is 5.75 Å². The number of benzene rings is 1. The van der Waals surface area contributed by atoms with Gasteiger partial charge in [0.25, 0.3) is 0 Å². The summed E-state index contributed by atoms with van der Waals surface area (Å²) in [5.74, 6) is -3.83. The molecule has 0 atom stereocenters. The number of hydrogen-bond donors (Lipinski definition) is 1. The molecule has 1 rings (SSSR count). The highest BCUT2D eigenvalue weighted by Gasteiger charge is 2.36. The maximum absolute atomic E-state index is 13.4. The van der Waals surface area contributed by atoms with Crippen molar-refractivity contribution in [3.05, 3.63) is 29.6 Å². The molecule has 0 bridgehead atoms. The zero-order valence-corrected chi connectivity index (χ0v) is 9.91. The smallest absolute Gasteiger partial charge is 0.400 e. The summed E-state index contributed by atoms with van der Waals surface area (Å²) in [7, 11) is 0. The van der Waals surface area contributed by atoms with Crippen LogP contribution in [0.2, 0.25) is 0 Å². The second-order valence-corrected chi connectivity index (χ2v) is 4.15. The van der Waals surface area contributed by atoms with E-state index in [1.165, 1.54) is 19.9 Å². The Bertz CT molecular complexity index is 444. The molecule has 1 N–H and O–H groups in total. The fourth-order valence-electron chi connectivity index (χ4n) is 1.18. The highest BCUT2D eigenvalue weighted by molar-refractivity contribution is 5.70. The Hall–Kier alpha value is -1.72. The molecule has 0 fully saturated rings. The summed E-state index contributed by atoms with van der Waals surface area (Å²) in [5, 5.41) is 8.51. The molecule has 3 nitrogen and oxygen atoms in total. The lowest BCUT2D eigenvalue weighted by Crippen LogP contribution is -2.31. The number of carboxylic acids is 1. The highest BCUT2D eigenvalue weighted by Crippen LogP contribution is 2.30. The maximum Gasteiger partial charge on any atom is 0.400 e. The Morgan fingerprint density at radius 2 is 2.06 bits per heavy atom. The Morgan fingerprint density at radius 3 is 2.50 bits per heavy atom. The van der Waals surface area contributed by atoms with E-state index in [2.05, 4.69) is 4.74 Å². The van der Waals surface area contributed by atoms with Gasteiger partial charge < -0.3 is 9.84 Å². The van der Waals surface area contributed by atoms with Crippen LogP contribution < -0.4 is 4.74 Å².